The summed E-state index contributed by atoms with van der Waals surface area (Å²) in [5, 5.41) is 10.3. The second-order valence-electron chi connectivity index (χ2n) is 6.03. The Balaban J connectivity index is 1.95. The van der Waals surface area contributed by atoms with Gasteiger partial charge in [-0.1, -0.05) is 42.5 Å². The molecule has 0 spiro atoms. The van der Waals surface area contributed by atoms with Gasteiger partial charge in [-0.2, -0.15) is 0 Å². The number of hydrogen-bond donors (Lipinski definition) is 2. The Morgan fingerprint density at radius 3 is 2.67 bits per heavy atom. The van der Waals surface area contributed by atoms with Crippen LogP contribution < -0.4 is 0 Å². The van der Waals surface area contributed by atoms with Crippen LogP contribution in [0, 0.1) is 0 Å². The van der Waals surface area contributed by atoms with Gasteiger partial charge in [-0.05, 0) is 31.0 Å². The smallest absolute Gasteiger partial charge is 0.256 e. The minimum absolute atomic E-state index is 0.0205. The third kappa shape index (κ3) is 3.34. The summed E-state index contributed by atoms with van der Waals surface area (Å²) in [5.41, 5.74) is 2.60. The van der Waals surface area contributed by atoms with Gasteiger partial charge in [0, 0.05) is 30.8 Å². The maximum absolute atomic E-state index is 13.2. The normalized spacial score (nSPS) is 12.2. The number of amides is 1. The van der Waals surface area contributed by atoms with E-state index in [1.54, 1.807) is 0 Å². The number of carbonyl (C=O) groups excluding carboxylic acids is 1. The van der Waals surface area contributed by atoms with E-state index in [1.165, 1.54) is 0 Å². The fraction of sp³-hybridized carbons (Fsp3) is 0.250. The van der Waals surface area contributed by atoms with Gasteiger partial charge in [-0.25, -0.2) is 0 Å². The van der Waals surface area contributed by atoms with Crippen molar-refractivity contribution < 1.29 is 9.90 Å². The lowest BCUT2D eigenvalue weighted by molar-refractivity contribution is 0.0650. The zero-order valence-corrected chi connectivity index (χ0v) is 13.8. The van der Waals surface area contributed by atoms with Gasteiger partial charge < -0.3 is 15.0 Å². The van der Waals surface area contributed by atoms with Crippen LogP contribution in [0.15, 0.2) is 60.8 Å². The molecule has 0 radical (unpaired) electrons. The van der Waals surface area contributed by atoms with E-state index in [0.29, 0.717) is 18.5 Å². The topological polar surface area (TPSA) is 56.3 Å². The molecule has 2 N–H and O–H groups in total. The van der Waals surface area contributed by atoms with Gasteiger partial charge in [0.25, 0.3) is 5.91 Å². The highest BCUT2D eigenvalue weighted by atomic mass is 16.3. The van der Waals surface area contributed by atoms with Crippen LogP contribution in [0.3, 0.4) is 0 Å². The van der Waals surface area contributed by atoms with Gasteiger partial charge in [-0.15, -0.1) is 0 Å². The van der Waals surface area contributed by atoms with E-state index in [-0.39, 0.29) is 18.6 Å². The lowest BCUT2D eigenvalue weighted by atomic mass is 10.1. The second kappa shape index (κ2) is 7.32. The number of aliphatic hydroxyl groups excluding tert-OH is 1. The second-order valence-corrected chi connectivity index (χ2v) is 6.03. The number of rotatable bonds is 6. The Morgan fingerprint density at radius 2 is 1.92 bits per heavy atom. The number of fused-ring (bicyclic) bond motifs is 1. The number of nitrogens with one attached hydrogen (secondary N) is 1. The van der Waals surface area contributed by atoms with Gasteiger partial charge in [-0.3, -0.25) is 4.79 Å². The van der Waals surface area contributed by atoms with Gasteiger partial charge in [0.1, 0.15) is 0 Å². The summed E-state index contributed by atoms with van der Waals surface area (Å²) in [6.07, 6.45) is 2.40. The van der Waals surface area contributed by atoms with Gasteiger partial charge in [0.2, 0.25) is 0 Å². The van der Waals surface area contributed by atoms with Crippen molar-refractivity contribution in [2.24, 2.45) is 0 Å². The summed E-state index contributed by atoms with van der Waals surface area (Å²) in [4.78, 5) is 18.2. The Labute approximate surface area is 141 Å². The van der Waals surface area contributed by atoms with E-state index in [9.17, 15) is 9.90 Å². The number of aliphatic hydroxyl groups is 1. The van der Waals surface area contributed by atoms with Crippen molar-refractivity contribution >= 4 is 16.8 Å². The molecular formula is C20H22N2O2. The standard InChI is InChI=1S/C20H22N2O2/c1-15(11-13-23)22(14-16-6-3-2-4-7-16)20(24)18-9-5-8-17-10-12-21-19(17)18/h2-10,12,15,21,23H,11,13-14H2,1H3. The molecule has 0 saturated heterocycles. The van der Waals surface area contributed by atoms with Crippen LogP contribution in [0.4, 0.5) is 0 Å². The average Bonchev–Trinajstić information content (AvgIpc) is 3.09. The summed E-state index contributed by atoms with van der Waals surface area (Å²) in [6, 6.07) is 17.6. The molecular weight excluding hydrogens is 300 g/mol. The number of carbonyl (C=O) groups is 1. The maximum Gasteiger partial charge on any atom is 0.256 e. The van der Waals surface area contributed by atoms with Crippen LogP contribution in [-0.2, 0) is 6.54 Å². The third-order valence-electron chi connectivity index (χ3n) is 4.35. The van der Waals surface area contributed by atoms with Gasteiger partial charge >= 0.3 is 0 Å². The first-order valence-corrected chi connectivity index (χ1v) is 8.22. The summed E-state index contributed by atoms with van der Waals surface area (Å²) < 4.78 is 0. The number of benzene rings is 2. The van der Waals surface area contributed by atoms with Crippen molar-refractivity contribution in [3.05, 3.63) is 71.9 Å². The molecule has 0 aliphatic carbocycles. The van der Waals surface area contributed by atoms with Crippen LogP contribution in [-0.4, -0.2) is 33.5 Å². The molecule has 1 aromatic heterocycles. The monoisotopic (exact) mass is 322 g/mol. The first-order valence-electron chi connectivity index (χ1n) is 8.22. The highest BCUT2D eigenvalue weighted by Gasteiger charge is 2.23. The minimum atomic E-state index is -0.0482. The number of para-hydroxylation sites is 1. The fourth-order valence-electron chi connectivity index (χ4n) is 2.97. The summed E-state index contributed by atoms with van der Waals surface area (Å²) in [7, 11) is 0. The third-order valence-corrected chi connectivity index (χ3v) is 4.35. The molecule has 1 heterocycles. The molecule has 1 atom stereocenters. The molecule has 1 amide bonds. The molecule has 3 aromatic rings. The average molecular weight is 322 g/mol. The highest BCUT2D eigenvalue weighted by molar-refractivity contribution is 6.05. The summed E-state index contributed by atoms with van der Waals surface area (Å²) in [5.74, 6) is -0.0205. The lowest BCUT2D eigenvalue weighted by Crippen LogP contribution is -2.38. The quantitative estimate of drug-likeness (QED) is 0.729. The van der Waals surface area contributed by atoms with E-state index in [1.807, 2.05) is 72.6 Å². The Hall–Kier alpha value is -2.59. The molecule has 0 aliphatic rings. The Morgan fingerprint density at radius 1 is 1.12 bits per heavy atom. The zero-order chi connectivity index (χ0) is 16.9. The number of aromatic nitrogens is 1. The molecule has 4 nitrogen and oxygen atoms in total. The fourth-order valence-corrected chi connectivity index (χ4v) is 2.97. The molecule has 0 saturated carbocycles. The molecule has 0 aliphatic heterocycles. The SMILES string of the molecule is CC(CCO)N(Cc1ccccc1)C(=O)c1cccc2cc[nH]c12. The number of aromatic amines is 1. The van der Waals surface area contributed by atoms with Crippen molar-refractivity contribution in [2.75, 3.05) is 6.61 Å². The first-order chi connectivity index (χ1) is 11.7. The maximum atomic E-state index is 13.2. The Bertz CT molecular complexity index is 811. The number of H-pyrrole nitrogens is 1. The number of hydrogen-bond acceptors (Lipinski definition) is 2. The summed E-state index contributed by atoms with van der Waals surface area (Å²) in [6.45, 7) is 2.57. The largest absolute Gasteiger partial charge is 0.396 e. The van der Waals surface area contributed by atoms with Crippen LogP contribution >= 0.6 is 0 Å². The van der Waals surface area contributed by atoms with E-state index in [2.05, 4.69) is 4.98 Å². The lowest BCUT2D eigenvalue weighted by Gasteiger charge is -2.29. The predicted octanol–water partition coefficient (Wildman–Crippen LogP) is 3.58. The van der Waals surface area contributed by atoms with Gasteiger partial charge in [0.15, 0.2) is 0 Å². The molecule has 4 heteroatoms. The van der Waals surface area contributed by atoms with Crippen LogP contribution in [0.5, 0.6) is 0 Å². The van der Waals surface area contributed by atoms with E-state index < -0.39 is 0 Å². The zero-order valence-electron chi connectivity index (χ0n) is 13.8. The van der Waals surface area contributed by atoms with E-state index >= 15 is 0 Å². The van der Waals surface area contributed by atoms with Gasteiger partial charge in [0.05, 0.1) is 11.1 Å². The van der Waals surface area contributed by atoms with Crippen LogP contribution in [0.2, 0.25) is 0 Å². The summed E-state index contributed by atoms with van der Waals surface area (Å²) >= 11 is 0. The number of nitrogens with zero attached hydrogens (tertiary/aromatic N) is 1. The molecule has 124 valence electrons. The van der Waals surface area contributed by atoms with Crippen molar-refractivity contribution in [1.29, 1.82) is 0 Å². The van der Waals surface area contributed by atoms with E-state index in [4.69, 9.17) is 0 Å². The van der Waals surface area contributed by atoms with Crippen LogP contribution in [0.1, 0.15) is 29.3 Å². The molecule has 3 rings (SSSR count). The molecule has 1 unspecified atom stereocenters. The van der Waals surface area contributed by atoms with Crippen molar-refractivity contribution in [2.45, 2.75) is 25.9 Å². The van der Waals surface area contributed by atoms with Crippen molar-refractivity contribution in [1.82, 2.24) is 9.88 Å². The molecule has 24 heavy (non-hydrogen) atoms. The van der Waals surface area contributed by atoms with Crippen molar-refractivity contribution in [3.8, 4) is 0 Å². The van der Waals surface area contributed by atoms with Crippen molar-refractivity contribution in [3.63, 3.8) is 0 Å². The highest BCUT2D eigenvalue weighted by Crippen LogP contribution is 2.21. The molecule has 0 bridgehead atoms. The molecule has 0 fully saturated rings. The molecule has 2 aromatic carbocycles. The predicted molar refractivity (Wildman–Crippen MR) is 95.8 cm³/mol. The minimum Gasteiger partial charge on any atom is -0.396 e. The first kappa shape index (κ1) is 16.3. The van der Waals surface area contributed by atoms with Crippen LogP contribution in [0.25, 0.3) is 10.9 Å². The van der Waals surface area contributed by atoms with E-state index in [0.717, 1.165) is 16.5 Å². The Kier molecular flexibility index (Phi) is 4.96.